The van der Waals surface area contributed by atoms with Gasteiger partial charge in [0.15, 0.2) is 0 Å². The van der Waals surface area contributed by atoms with Crippen LogP contribution in [0.15, 0.2) is 18.2 Å². The van der Waals surface area contributed by atoms with Crippen LogP contribution in [0, 0.1) is 6.92 Å². The molecule has 0 radical (unpaired) electrons. The van der Waals surface area contributed by atoms with Gasteiger partial charge in [0.25, 0.3) is 0 Å². The van der Waals surface area contributed by atoms with Gasteiger partial charge in [0.2, 0.25) is 0 Å². The number of aliphatic hydroxyl groups excluding tert-OH is 1. The molecule has 1 aromatic carbocycles. The predicted molar refractivity (Wildman–Crippen MR) is 84.4 cm³/mol. The molecule has 21 heavy (non-hydrogen) atoms. The van der Waals surface area contributed by atoms with Crippen LogP contribution in [0.5, 0.6) is 0 Å². The number of benzene rings is 1. The van der Waals surface area contributed by atoms with Crippen molar-refractivity contribution in [2.24, 2.45) is 0 Å². The zero-order chi connectivity index (χ0) is 14.6. The number of hydrogen-bond donors (Lipinski definition) is 1. The smallest absolute Gasteiger partial charge is 0.130 e. The number of fused-ring (bicyclic) bond motifs is 2. The molecule has 3 aromatic rings. The lowest BCUT2D eigenvalue weighted by molar-refractivity contribution is 0.156. The second kappa shape index (κ2) is 4.80. The van der Waals surface area contributed by atoms with E-state index in [1.54, 1.807) is 0 Å². The van der Waals surface area contributed by atoms with Crippen LogP contribution in [0.1, 0.15) is 35.9 Å². The third kappa shape index (κ3) is 1.92. The number of hydrogen-bond acceptors (Lipinski definition) is 4. The van der Waals surface area contributed by atoms with Gasteiger partial charge in [-0.05, 0) is 44.4 Å². The van der Waals surface area contributed by atoms with Crippen LogP contribution >= 0.6 is 23.3 Å². The Labute approximate surface area is 131 Å². The van der Waals surface area contributed by atoms with Gasteiger partial charge in [-0.2, -0.15) is 8.75 Å². The van der Waals surface area contributed by atoms with Crippen molar-refractivity contribution in [2.45, 2.75) is 32.3 Å². The molecule has 108 valence electrons. The average molecular weight is 320 g/mol. The molecule has 1 aliphatic carbocycles. The van der Waals surface area contributed by atoms with E-state index in [0.717, 1.165) is 52.9 Å². The standard InChI is InChI=1S/C15H14ClN3OS/c1-8-7-9-12(3-2-4-13(9)20)19(8)15-10(16)5-6-11-14(15)18-21-17-11/h5-7,13,20H,2-4H2,1H3. The predicted octanol–water partition coefficient (Wildman–Crippen LogP) is 3.81. The van der Waals surface area contributed by atoms with Crippen LogP contribution in [0.2, 0.25) is 5.02 Å². The highest BCUT2D eigenvalue weighted by atomic mass is 35.5. The van der Waals surface area contributed by atoms with Gasteiger partial charge in [0, 0.05) is 17.0 Å². The average Bonchev–Trinajstić information content (AvgIpc) is 3.05. The fourth-order valence-electron chi connectivity index (χ4n) is 3.22. The lowest BCUT2D eigenvalue weighted by Crippen LogP contribution is -2.12. The number of aryl methyl sites for hydroxylation is 1. The summed E-state index contributed by atoms with van der Waals surface area (Å²) in [5.41, 5.74) is 5.81. The Hall–Kier alpha value is -1.43. The van der Waals surface area contributed by atoms with Crippen LogP contribution < -0.4 is 0 Å². The molecule has 1 unspecified atom stereocenters. The first-order valence-corrected chi connectivity index (χ1v) is 8.08. The Morgan fingerprint density at radius 2 is 2.24 bits per heavy atom. The summed E-state index contributed by atoms with van der Waals surface area (Å²) in [4.78, 5) is 0. The molecule has 6 heteroatoms. The molecule has 0 saturated carbocycles. The lowest BCUT2D eigenvalue weighted by Gasteiger charge is -2.21. The Kier molecular flexibility index (Phi) is 3.03. The molecule has 0 saturated heterocycles. The molecule has 4 nitrogen and oxygen atoms in total. The third-order valence-electron chi connectivity index (χ3n) is 4.15. The summed E-state index contributed by atoms with van der Waals surface area (Å²) in [5.74, 6) is 0. The number of nitrogens with zero attached hydrogens (tertiary/aromatic N) is 3. The van der Waals surface area contributed by atoms with Crippen molar-refractivity contribution in [1.82, 2.24) is 13.3 Å². The molecule has 0 aliphatic heterocycles. The first kappa shape index (κ1) is 13.2. The minimum absolute atomic E-state index is 0.375. The van der Waals surface area contributed by atoms with Crippen LogP contribution in [0.3, 0.4) is 0 Å². The second-order valence-corrected chi connectivity index (χ2v) is 6.39. The maximum Gasteiger partial charge on any atom is 0.130 e. The largest absolute Gasteiger partial charge is 0.388 e. The van der Waals surface area contributed by atoms with Gasteiger partial charge >= 0.3 is 0 Å². The first-order valence-electron chi connectivity index (χ1n) is 6.97. The maximum atomic E-state index is 10.2. The van der Waals surface area contributed by atoms with Gasteiger partial charge in [0.05, 0.1) is 28.5 Å². The molecule has 0 amide bonds. The van der Waals surface area contributed by atoms with E-state index in [0.29, 0.717) is 5.02 Å². The highest BCUT2D eigenvalue weighted by molar-refractivity contribution is 7.00. The van der Waals surface area contributed by atoms with Gasteiger partial charge in [-0.3, -0.25) is 0 Å². The topological polar surface area (TPSA) is 50.9 Å². The molecule has 2 heterocycles. The molecule has 1 aliphatic rings. The van der Waals surface area contributed by atoms with Crippen molar-refractivity contribution in [1.29, 1.82) is 0 Å². The van der Waals surface area contributed by atoms with Gasteiger partial charge in [0.1, 0.15) is 11.0 Å². The van der Waals surface area contributed by atoms with Gasteiger partial charge < -0.3 is 9.67 Å². The van der Waals surface area contributed by atoms with E-state index < -0.39 is 0 Å². The first-order chi connectivity index (χ1) is 10.2. The quantitative estimate of drug-likeness (QED) is 0.742. The molecule has 0 spiro atoms. The van der Waals surface area contributed by atoms with E-state index in [1.165, 1.54) is 11.7 Å². The number of aromatic nitrogens is 3. The van der Waals surface area contributed by atoms with Crippen LogP contribution in [0.25, 0.3) is 16.7 Å². The van der Waals surface area contributed by atoms with Crippen molar-refractivity contribution >= 4 is 34.4 Å². The summed E-state index contributed by atoms with van der Waals surface area (Å²) in [7, 11) is 0. The Morgan fingerprint density at radius 3 is 3.10 bits per heavy atom. The molecular formula is C15H14ClN3OS. The normalized spacial score (nSPS) is 18.1. The zero-order valence-electron chi connectivity index (χ0n) is 11.5. The lowest BCUT2D eigenvalue weighted by atomic mass is 9.95. The van der Waals surface area contributed by atoms with Crippen LogP contribution in [-0.4, -0.2) is 18.4 Å². The minimum Gasteiger partial charge on any atom is -0.388 e. The van der Waals surface area contributed by atoms with Crippen molar-refractivity contribution in [2.75, 3.05) is 0 Å². The SMILES string of the molecule is Cc1cc2c(n1-c1c(Cl)ccc3nsnc13)CCCC2O. The van der Waals surface area contributed by atoms with Crippen molar-refractivity contribution in [3.05, 3.63) is 40.2 Å². The fraction of sp³-hybridized carbons (Fsp3) is 0.333. The summed E-state index contributed by atoms with van der Waals surface area (Å²) in [6.45, 7) is 2.04. The van der Waals surface area contributed by atoms with Gasteiger partial charge in [-0.25, -0.2) is 0 Å². The van der Waals surface area contributed by atoms with E-state index in [1.807, 2.05) is 19.1 Å². The molecule has 2 aromatic heterocycles. The van der Waals surface area contributed by atoms with E-state index in [9.17, 15) is 5.11 Å². The summed E-state index contributed by atoms with van der Waals surface area (Å²) < 4.78 is 10.8. The van der Waals surface area contributed by atoms with Gasteiger partial charge in [-0.1, -0.05) is 11.6 Å². The van der Waals surface area contributed by atoms with E-state index in [4.69, 9.17) is 11.6 Å². The van der Waals surface area contributed by atoms with Crippen LogP contribution in [0.4, 0.5) is 0 Å². The van der Waals surface area contributed by atoms with E-state index >= 15 is 0 Å². The summed E-state index contributed by atoms with van der Waals surface area (Å²) in [6.07, 6.45) is 2.39. The highest BCUT2D eigenvalue weighted by Crippen LogP contribution is 2.37. The third-order valence-corrected chi connectivity index (χ3v) is 4.99. The molecule has 4 rings (SSSR count). The molecular weight excluding hydrogens is 306 g/mol. The van der Waals surface area contributed by atoms with Crippen molar-refractivity contribution < 1.29 is 5.11 Å². The zero-order valence-corrected chi connectivity index (χ0v) is 13.1. The van der Waals surface area contributed by atoms with Crippen molar-refractivity contribution in [3.63, 3.8) is 0 Å². The number of rotatable bonds is 1. The van der Waals surface area contributed by atoms with E-state index in [-0.39, 0.29) is 6.10 Å². The summed E-state index contributed by atoms with van der Waals surface area (Å²) in [5, 5.41) is 10.9. The van der Waals surface area contributed by atoms with Gasteiger partial charge in [-0.15, -0.1) is 0 Å². The van der Waals surface area contributed by atoms with E-state index in [2.05, 4.69) is 19.4 Å². The Morgan fingerprint density at radius 1 is 1.38 bits per heavy atom. The maximum absolute atomic E-state index is 10.2. The minimum atomic E-state index is -0.375. The molecule has 1 N–H and O–H groups in total. The summed E-state index contributed by atoms with van der Waals surface area (Å²) >= 11 is 7.65. The summed E-state index contributed by atoms with van der Waals surface area (Å²) in [6, 6.07) is 5.82. The highest BCUT2D eigenvalue weighted by Gasteiger charge is 2.25. The Bertz CT molecular complexity index is 839. The molecule has 0 bridgehead atoms. The molecule has 0 fully saturated rings. The second-order valence-electron chi connectivity index (χ2n) is 5.46. The Balaban J connectivity index is 2.06. The number of halogens is 1. The fourth-order valence-corrected chi connectivity index (χ4v) is 3.99. The van der Waals surface area contributed by atoms with Crippen molar-refractivity contribution in [3.8, 4) is 5.69 Å². The molecule has 1 atom stereocenters. The monoisotopic (exact) mass is 319 g/mol. The number of aliphatic hydroxyl groups is 1. The van der Waals surface area contributed by atoms with Crippen LogP contribution in [-0.2, 0) is 6.42 Å².